The van der Waals surface area contributed by atoms with Crippen LogP contribution in [-0.4, -0.2) is 23.7 Å². The minimum absolute atomic E-state index is 0.0970. The van der Waals surface area contributed by atoms with Gasteiger partial charge in [0.25, 0.3) is 0 Å². The SMILES string of the molecule is C=CC(=O)OCCC(=O)O.c1ccc2c(c1)Nc1ccccc1S2. The molecule has 2 N–H and O–H groups in total. The van der Waals surface area contributed by atoms with E-state index in [9.17, 15) is 9.59 Å². The molecular weight excluding hydrogens is 326 g/mol. The first-order chi connectivity index (χ1) is 11.6. The van der Waals surface area contributed by atoms with Crippen LogP contribution in [-0.2, 0) is 14.3 Å². The Kier molecular flexibility index (Phi) is 6.45. The number of aliphatic carboxylic acids is 1. The lowest BCUT2D eigenvalue weighted by Gasteiger charge is -2.19. The minimum Gasteiger partial charge on any atom is -0.481 e. The molecule has 0 amide bonds. The number of anilines is 2. The Balaban J connectivity index is 0.000000187. The Morgan fingerprint density at radius 1 is 1.08 bits per heavy atom. The number of rotatable bonds is 4. The monoisotopic (exact) mass is 343 g/mol. The molecule has 124 valence electrons. The highest BCUT2D eigenvalue weighted by molar-refractivity contribution is 7.99. The van der Waals surface area contributed by atoms with Crippen molar-refractivity contribution < 1.29 is 19.4 Å². The maximum absolute atomic E-state index is 10.3. The lowest BCUT2D eigenvalue weighted by Crippen LogP contribution is -2.06. The number of hydrogen-bond donors (Lipinski definition) is 2. The zero-order valence-corrected chi connectivity index (χ0v) is 13.7. The molecule has 3 rings (SSSR count). The molecule has 0 radical (unpaired) electrons. The highest BCUT2D eigenvalue weighted by Crippen LogP contribution is 2.43. The van der Waals surface area contributed by atoms with Gasteiger partial charge in [-0.2, -0.15) is 0 Å². The number of carbonyl (C=O) groups excluding carboxylic acids is 1. The zero-order chi connectivity index (χ0) is 17.4. The maximum atomic E-state index is 10.3. The van der Waals surface area contributed by atoms with Crippen LogP contribution in [0.25, 0.3) is 0 Å². The lowest BCUT2D eigenvalue weighted by atomic mass is 10.2. The molecule has 0 unspecified atom stereocenters. The lowest BCUT2D eigenvalue weighted by molar-refractivity contribution is -0.142. The molecule has 0 saturated carbocycles. The van der Waals surface area contributed by atoms with E-state index in [-0.39, 0.29) is 13.0 Å². The van der Waals surface area contributed by atoms with Crippen LogP contribution in [0.1, 0.15) is 6.42 Å². The van der Waals surface area contributed by atoms with E-state index in [0.717, 1.165) is 6.08 Å². The van der Waals surface area contributed by atoms with Gasteiger partial charge in [-0.1, -0.05) is 42.6 Å². The van der Waals surface area contributed by atoms with Gasteiger partial charge in [0.1, 0.15) is 6.61 Å². The molecule has 0 fully saturated rings. The summed E-state index contributed by atoms with van der Waals surface area (Å²) >= 11 is 1.82. The number of fused-ring (bicyclic) bond motifs is 2. The van der Waals surface area contributed by atoms with Crippen LogP contribution in [0.2, 0.25) is 0 Å². The Morgan fingerprint density at radius 2 is 1.62 bits per heavy atom. The molecule has 1 aliphatic heterocycles. The topological polar surface area (TPSA) is 75.6 Å². The average Bonchev–Trinajstić information content (AvgIpc) is 2.60. The first-order valence-corrected chi connectivity index (χ1v) is 8.05. The van der Waals surface area contributed by atoms with E-state index < -0.39 is 11.9 Å². The van der Waals surface area contributed by atoms with E-state index in [2.05, 4.69) is 65.2 Å². The number of carboxylic acids is 1. The molecule has 0 bridgehead atoms. The third-order valence-electron chi connectivity index (χ3n) is 2.99. The van der Waals surface area contributed by atoms with Crippen molar-refractivity contribution in [3.8, 4) is 0 Å². The number of carboxylic acid groups (broad SMARTS) is 1. The van der Waals surface area contributed by atoms with E-state index in [1.165, 1.54) is 21.2 Å². The number of para-hydroxylation sites is 2. The smallest absolute Gasteiger partial charge is 0.330 e. The number of esters is 1. The maximum Gasteiger partial charge on any atom is 0.330 e. The molecule has 0 atom stereocenters. The average molecular weight is 343 g/mol. The van der Waals surface area contributed by atoms with Crippen molar-refractivity contribution in [2.24, 2.45) is 0 Å². The molecule has 0 spiro atoms. The van der Waals surface area contributed by atoms with Gasteiger partial charge in [-0.15, -0.1) is 0 Å². The van der Waals surface area contributed by atoms with Crippen LogP contribution in [0.3, 0.4) is 0 Å². The highest BCUT2D eigenvalue weighted by atomic mass is 32.2. The normalized spacial score (nSPS) is 10.8. The van der Waals surface area contributed by atoms with Gasteiger partial charge in [-0.25, -0.2) is 4.79 Å². The van der Waals surface area contributed by atoms with Gasteiger partial charge in [0.05, 0.1) is 17.8 Å². The van der Waals surface area contributed by atoms with Crippen molar-refractivity contribution in [1.29, 1.82) is 0 Å². The van der Waals surface area contributed by atoms with Crippen molar-refractivity contribution in [1.82, 2.24) is 0 Å². The molecular formula is C18H17NO4S. The Labute approximate surface area is 144 Å². The quantitative estimate of drug-likeness (QED) is 0.549. The summed E-state index contributed by atoms with van der Waals surface area (Å²) in [5.74, 6) is -1.59. The third-order valence-corrected chi connectivity index (χ3v) is 4.14. The van der Waals surface area contributed by atoms with Gasteiger partial charge in [0, 0.05) is 15.9 Å². The number of benzene rings is 2. The number of hydrogen-bond acceptors (Lipinski definition) is 5. The summed E-state index contributed by atoms with van der Waals surface area (Å²) in [6, 6.07) is 16.8. The standard InChI is InChI=1S/C12H9NS.C6H8O4/c1-3-7-11-9(5-1)13-10-6-2-4-8-12(10)14-11;1-2-6(9)10-4-3-5(7)8/h1-8,13H;2H,1,3-4H2,(H,7,8). The Morgan fingerprint density at radius 3 is 2.12 bits per heavy atom. The molecule has 2 aromatic carbocycles. The van der Waals surface area contributed by atoms with Crippen molar-refractivity contribution in [3.05, 3.63) is 61.2 Å². The van der Waals surface area contributed by atoms with E-state index in [1.54, 1.807) is 0 Å². The molecule has 0 saturated heterocycles. The van der Waals surface area contributed by atoms with Crippen LogP contribution in [0, 0.1) is 0 Å². The van der Waals surface area contributed by atoms with Gasteiger partial charge < -0.3 is 15.2 Å². The van der Waals surface area contributed by atoms with E-state index in [4.69, 9.17) is 5.11 Å². The molecule has 24 heavy (non-hydrogen) atoms. The second kappa shape index (κ2) is 8.79. The fourth-order valence-corrected chi connectivity index (χ4v) is 2.87. The van der Waals surface area contributed by atoms with Gasteiger partial charge in [0.2, 0.25) is 0 Å². The van der Waals surface area contributed by atoms with Gasteiger partial charge >= 0.3 is 11.9 Å². The van der Waals surface area contributed by atoms with Crippen LogP contribution in [0.4, 0.5) is 11.4 Å². The summed E-state index contributed by atoms with van der Waals surface area (Å²) < 4.78 is 4.36. The molecule has 0 aromatic heterocycles. The first-order valence-electron chi connectivity index (χ1n) is 7.24. The number of carbonyl (C=O) groups is 2. The predicted octanol–water partition coefficient (Wildman–Crippen LogP) is 4.09. The van der Waals surface area contributed by atoms with E-state index in [0.29, 0.717) is 0 Å². The summed E-state index contributed by atoms with van der Waals surface area (Å²) in [5, 5.41) is 11.5. The molecule has 2 aromatic rings. The fraction of sp³-hybridized carbons (Fsp3) is 0.111. The number of ether oxygens (including phenoxy) is 1. The van der Waals surface area contributed by atoms with Gasteiger partial charge in [-0.05, 0) is 24.3 Å². The van der Waals surface area contributed by atoms with Crippen molar-refractivity contribution >= 4 is 35.1 Å². The third kappa shape index (κ3) is 5.17. The van der Waals surface area contributed by atoms with Crippen LogP contribution >= 0.6 is 11.8 Å². The summed E-state index contributed by atoms with van der Waals surface area (Å²) in [6.07, 6.45) is 0.821. The fourth-order valence-electron chi connectivity index (χ4n) is 1.88. The Bertz CT molecular complexity index is 658. The van der Waals surface area contributed by atoms with E-state index in [1.807, 2.05) is 11.8 Å². The molecule has 0 aliphatic carbocycles. The summed E-state index contributed by atoms with van der Waals surface area (Å²) in [5.41, 5.74) is 2.41. The predicted molar refractivity (Wildman–Crippen MR) is 93.7 cm³/mol. The van der Waals surface area contributed by atoms with E-state index >= 15 is 0 Å². The second-order valence-corrected chi connectivity index (χ2v) is 5.82. The summed E-state index contributed by atoms with van der Waals surface area (Å²) in [4.78, 5) is 22.7. The highest BCUT2D eigenvalue weighted by Gasteiger charge is 2.13. The second-order valence-electron chi connectivity index (χ2n) is 4.73. The van der Waals surface area contributed by atoms with Crippen molar-refractivity contribution in [3.63, 3.8) is 0 Å². The molecule has 1 heterocycles. The molecule has 1 aliphatic rings. The van der Waals surface area contributed by atoms with Crippen LogP contribution in [0.15, 0.2) is 71.0 Å². The zero-order valence-electron chi connectivity index (χ0n) is 12.9. The van der Waals surface area contributed by atoms with Crippen molar-refractivity contribution in [2.75, 3.05) is 11.9 Å². The van der Waals surface area contributed by atoms with Gasteiger partial charge in [-0.3, -0.25) is 4.79 Å². The largest absolute Gasteiger partial charge is 0.481 e. The van der Waals surface area contributed by atoms with Crippen molar-refractivity contribution in [2.45, 2.75) is 16.2 Å². The number of nitrogens with one attached hydrogen (secondary N) is 1. The minimum atomic E-state index is -0.989. The van der Waals surface area contributed by atoms with Gasteiger partial charge in [0.15, 0.2) is 0 Å². The summed E-state index contributed by atoms with van der Waals surface area (Å²) in [6.45, 7) is 3.04. The Hall–Kier alpha value is -2.73. The van der Waals surface area contributed by atoms with Crippen LogP contribution < -0.4 is 5.32 Å². The first kappa shape index (κ1) is 17.6. The molecule has 6 heteroatoms. The van der Waals surface area contributed by atoms with Crippen LogP contribution in [0.5, 0.6) is 0 Å². The summed E-state index contributed by atoms with van der Waals surface area (Å²) in [7, 11) is 0. The molecule has 5 nitrogen and oxygen atoms in total.